The third-order valence-corrected chi connectivity index (χ3v) is 7.88. The Morgan fingerprint density at radius 1 is 0.778 bits per heavy atom. The molecule has 0 saturated carbocycles. The molecule has 14 nitrogen and oxygen atoms in total. The van der Waals surface area contributed by atoms with Crippen molar-refractivity contribution in [2.45, 2.75) is 98.5 Å². The molecule has 2 aliphatic rings. The second kappa shape index (κ2) is 17.0. The van der Waals surface area contributed by atoms with Crippen LogP contribution in [-0.2, 0) is 27.2 Å². The van der Waals surface area contributed by atoms with Crippen molar-refractivity contribution in [2.75, 3.05) is 25.0 Å². The Hall–Kier alpha value is -5.65. The summed E-state index contributed by atoms with van der Waals surface area (Å²) in [6.07, 6.45) is 1.08. The Balaban J connectivity index is 1.42. The molecule has 4 amide bonds. The fraction of sp³-hybridized carbons (Fsp3) is 0.462. The number of guanidine groups is 1. The number of hydrogen-bond donors (Lipinski definition) is 3. The van der Waals surface area contributed by atoms with Crippen LogP contribution in [0.25, 0.3) is 5.57 Å². The van der Waals surface area contributed by atoms with Gasteiger partial charge in [-0.3, -0.25) is 5.32 Å². The molecule has 0 bridgehead atoms. The van der Waals surface area contributed by atoms with Crippen LogP contribution in [0.15, 0.2) is 53.5 Å². The maximum atomic E-state index is 13.3. The van der Waals surface area contributed by atoms with E-state index in [1.165, 1.54) is 6.92 Å². The average molecular weight is 740 g/mol. The summed E-state index contributed by atoms with van der Waals surface area (Å²) in [6.45, 7) is 18.8. The molecule has 0 radical (unpaired) electrons. The quantitative estimate of drug-likeness (QED) is 0.143. The molecule has 15 heteroatoms. The van der Waals surface area contributed by atoms with E-state index < -0.39 is 35.1 Å². The molecule has 0 aromatic heterocycles. The summed E-state index contributed by atoms with van der Waals surface area (Å²) in [5.41, 5.74) is 3.24. The predicted molar refractivity (Wildman–Crippen MR) is 208 cm³/mol. The molecule has 0 unspecified atom stereocenters. The fourth-order valence-corrected chi connectivity index (χ4v) is 5.62. The number of nitriles is 1. The zero-order valence-corrected chi connectivity index (χ0v) is 32.6. The van der Waals surface area contributed by atoms with E-state index in [2.05, 4.69) is 20.9 Å². The van der Waals surface area contributed by atoms with E-state index in [1.807, 2.05) is 47.3 Å². The van der Waals surface area contributed by atoms with Gasteiger partial charge in [0.05, 0.1) is 0 Å². The molecular formula is C39H50BN7O7. The van der Waals surface area contributed by atoms with E-state index >= 15 is 0 Å². The topological polar surface area (TPSA) is 175 Å². The van der Waals surface area contributed by atoms with E-state index in [0.717, 1.165) is 22.3 Å². The minimum absolute atomic E-state index is 0.0102. The van der Waals surface area contributed by atoms with Crippen LogP contribution in [0.4, 0.5) is 20.1 Å². The van der Waals surface area contributed by atoms with Crippen molar-refractivity contribution in [3.8, 4) is 5.97 Å². The second-order valence-corrected chi connectivity index (χ2v) is 15.9. The third kappa shape index (κ3) is 12.8. The zero-order chi connectivity index (χ0) is 39.8. The first kappa shape index (κ1) is 41.1. The smallest absolute Gasteiger partial charge is 0.0332 e. The van der Waals surface area contributed by atoms with Gasteiger partial charge in [-0.05, 0) is 71.2 Å². The van der Waals surface area contributed by atoms with Crippen molar-refractivity contribution < 1.29 is 33.4 Å². The van der Waals surface area contributed by atoms with Gasteiger partial charge < -0.3 is 14.4 Å². The molecule has 286 valence electrons. The number of hydrogen-bond acceptors (Lipinski definition) is 9. The fourth-order valence-electron chi connectivity index (χ4n) is 5.62. The summed E-state index contributed by atoms with van der Waals surface area (Å²) in [6, 6.07) is 13.0. The zero-order valence-electron chi connectivity index (χ0n) is 32.6. The SMILES string of the molecule is CC(C)(C)OC(=O)N=C(NC(=O)OC(C)(C)C)N1CCc2ccc(NC(=O)c3ccc(C4=CCN(C(=BC#N)NC(=O)OC(C)(C)C)CC4)cc3)cc2C1. The van der Waals surface area contributed by atoms with Crippen molar-refractivity contribution in [2.24, 2.45) is 4.99 Å². The Morgan fingerprint density at radius 2 is 1.39 bits per heavy atom. The molecule has 2 aromatic carbocycles. The molecule has 4 rings (SSSR count). The molecule has 0 atom stereocenters. The standard InChI is InChI=1S/C39H50BN7O7/c1-37(2,3)52-34(49)43-32(40-24-41)46-19-16-27(17-20-46)25-10-12-28(13-11-25)31(48)42-30-15-14-26-18-21-47(23-29(26)22-30)33(44-35(50)53-38(4,5)6)45-36(51)54-39(7,8)9/h10-16,22H,17-21,23H2,1-9H3,(H,42,48)(H,43,49)(H,44,45,50,51). The summed E-state index contributed by atoms with van der Waals surface area (Å²) in [4.78, 5) is 58.7. The van der Waals surface area contributed by atoms with Gasteiger partial charge in [0.25, 0.3) is 0 Å². The van der Waals surface area contributed by atoms with Gasteiger partial charge in [-0.2, -0.15) is 0 Å². The van der Waals surface area contributed by atoms with Crippen LogP contribution in [0, 0.1) is 11.2 Å². The molecule has 3 N–H and O–H groups in total. The van der Waals surface area contributed by atoms with Crippen LogP contribution in [-0.4, -0.2) is 89.0 Å². The van der Waals surface area contributed by atoms with Crippen LogP contribution in [0.2, 0.25) is 0 Å². The van der Waals surface area contributed by atoms with Crippen LogP contribution in [0.1, 0.15) is 95.8 Å². The van der Waals surface area contributed by atoms with Gasteiger partial charge in [0.15, 0.2) is 0 Å². The van der Waals surface area contributed by atoms with Crippen LogP contribution >= 0.6 is 0 Å². The van der Waals surface area contributed by atoms with Crippen molar-refractivity contribution in [3.63, 3.8) is 0 Å². The largest absolute Gasteiger partial charge is 0.0461 e. The van der Waals surface area contributed by atoms with Gasteiger partial charge in [-0.15, -0.1) is 4.99 Å². The number of rotatable bonds is 5. The van der Waals surface area contributed by atoms with Gasteiger partial charge in [-0.25, -0.2) is 9.59 Å². The molecule has 2 aromatic rings. The first-order chi connectivity index (χ1) is 25.2. The molecule has 2 heterocycles. The Labute approximate surface area is 317 Å². The van der Waals surface area contributed by atoms with Crippen LogP contribution in [0.3, 0.4) is 0 Å². The van der Waals surface area contributed by atoms with Crippen LogP contribution in [0.5, 0.6) is 0 Å². The van der Waals surface area contributed by atoms with Gasteiger partial charge in [0, 0.05) is 13.1 Å². The number of anilines is 1. The molecule has 0 spiro atoms. The molecule has 2 aliphatic heterocycles. The number of amides is 4. The number of nitrogens with one attached hydrogen (secondary N) is 3. The summed E-state index contributed by atoms with van der Waals surface area (Å²) >= 11 is 0. The number of fused-ring (bicyclic) bond motifs is 1. The van der Waals surface area contributed by atoms with Gasteiger partial charge in [0.1, 0.15) is 11.2 Å². The Bertz CT molecular complexity index is 1880. The number of nitrogens with zero attached hydrogens (tertiary/aromatic N) is 4. The molecule has 0 saturated heterocycles. The van der Waals surface area contributed by atoms with Crippen LogP contribution < -0.4 is 16.0 Å². The molecule has 0 aliphatic carbocycles. The minimum Gasteiger partial charge on any atom is -0.0332 e. The van der Waals surface area contributed by atoms with Crippen molar-refractivity contribution in [3.05, 3.63) is 70.8 Å². The average Bonchev–Trinajstić information content (AvgIpc) is 3.05. The second-order valence-electron chi connectivity index (χ2n) is 15.9. The normalized spacial score (nSPS) is 15.1. The summed E-state index contributed by atoms with van der Waals surface area (Å²) in [5.74, 6) is 1.71. The van der Waals surface area contributed by atoms with E-state index in [-0.39, 0.29) is 11.9 Å². The summed E-state index contributed by atoms with van der Waals surface area (Å²) < 4.78 is 16.1. The number of carbonyl (C=O) groups is 4. The van der Waals surface area contributed by atoms with Gasteiger partial charge >= 0.3 is 177 Å². The van der Waals surface area contributed by atoms with Crippen molar-refractivity contribution in [1.29, 1.82) is 5.26 Å². The molecule has 0 fully saturated rings. The summed E-state index contributed by atoms with van der Waals surface area (Å²) in [7, 11) is 0. The number of benzene rings is 2. The monoisotopic (exact) mass is 739 g/mol. The molecule has 54 heavy (non-hydrogen) atoms. The first-order valence-corrected chi connectivity index (χ1v) is 17.8. The Kier molecular flexibility index (Phi) is 12.9. The maximum absolute atomic E-state index is 13.3. The van der Waals surface area contributed by atoms with E-state index in [1.54, 1.807) is 79.3 Å². The number of alkyl carbamates (subject to hydrolysis) is 2. The third-order valence-electron chi connectivity index (χ3n) is 7.88. The predicted octanol–water partition coefficient (Wildman–Crippen LogP) is 6.00. The van der Waals surface area contributed by atoms with Crippen molar-refractivity contribution in [1.82, 2.24) is 20.4 Å². The van der Waals surface area contributed by atoms with Gasteiger partial charge in [-0.1, -0.05) is 6.07 Å². The maximum Gasteiger partial charge on any atom is 0.0461 e. The van der Waals surface area contributed by atoms with E-state index in [9.17, 15) is 24.4 Å². The number of carbonyl (C=O) groups excluding carboxylic acids is 4. The summed E-state index contributed by atoms with van der Waals surface area (Å²) in [5, 5.41) is 17.5. The minimum atomic E-state index is -0.845. The van der Waals surface area contributed by atoms with Crippen molar-refractivity contribution >= 4 is 54.0 Å². The Morgan fingerprint density at radius 3 is 1.96 bits per heavy atom. The number of aliphatic imine (C=N–C) groups is 1. The van der Waals surface area contributed by atoms with Gasteiger partial charge in [0.2, 0.25) is 5.96 Å². The molecular weight excluding hydrogens is 689 g/mol. The van der Waals surface area contributed by atoms with E-state index in [0.29, 0.717) is 56.0 Å². The number of ether oxygens (including phenoxy) is 3. The first-order valence-electron chi connectivity index (χ1n) is 17.8. The van der Waals surface area contributed by atoms with E-state index in [4.69, 9.17) is 14.2 Å².